The highest BCUT2D eigenvalue weighted by atomic mass is 16.5. The molecule has 1 N–H and O–H groups in total. The number of amides is 1. The number of carbonyl (C=O) groups is 1. The van der Waals surface area contributed by atoms with E-state index in [-0.39, 0.29) is 18.3 Å². The van der Waals surface area contributed by atoms with E-state index in [1.165, 1.54) is 6.08 Å². The van der Waals surface area contributed by atoms with E-state index in [2.05, 4.69) is 5.32 Å². The Morgan fingerprint density at radius 1 is 1.37 bits per heavy atom. The van der Waals surface area contributed by atoms with Crippen LogP contribution in [0.3, 0.4) is 0 Å². The van der Waals surface area contributed by atoms with Gasteiger partial charge in [0.25, 0.3) is 5.91 Å². The number of hydrogen-bond acceptors (Lipinski definition) is 5. The van der Waals surface area contributed by atoms with Gasteiger partial charge in [0, 0.05) is 19.2 Å². The number of nitrogens with one attached hydrogen (secondary N) is 1. The maximum atomic E-state index is 12.2. The van der Waals surface area contributed by atoms with Gasteiger partial charge in [-0.3, -0.25) is 4.79 Å². The maximum absolute atomic E-state index is 12.2. The van der Waals surface area contributed by atoms with Crippen LogP contribution in [0.5, 0.6) is 5.75 Å². The molecule has 1 aliphatic rings. The minimum absolute atomic E-state index is 0.00582. The van der Waals surface area contributed by atoms with E-state index >= 15 is 0 Å². The van der Waals surface area contributed by atoms with Crippen LogP contribution in [0.25, 0.3) is 6.08 Å². The molecule has 1 unspecified atom stereocenters. The normalized spacial score (nSPS) is 16.7. The molecule has 2 heterocycles. The zero-order valence-electron chi connectivity index (χ0n) is 15.2. The average molecular weight is 366 g/mol. The Hall–Kier alpha value is -3.04. The number of benzene rings is 1. The van der Waals surface area contributed by atoms with E-state index in [9.17, 15) is 10.1 Å². The molecule has 1 atom stereocenters. The number of para-hydroxylation sites is 1. The van der Waals surface area contributed by atoms with Crippen LogP contribution < -0.4 is 10.1 Å². The predicted octanol–water partition coefficient (Wildman–Crippen LogP) is 3.37. The van der Waals surface area contributed by atoms with Crippen molar-refractivity contribution in [3.05, 3.63) is 59.1 Å². The van der Waals surface area contributed by atoms with Crippen LogP contribution in [-0.4, -0.2) is 25.2 Å². The van der Waals surface area contributed by atoms with E-state index in [1.807, 2.05) is 37.3 Å². The summed E-state index contributed by atoms with van der Waals surface area (Å²) in [5, 5.41) is 12.0. The summed E-state index contributed by atoms with van der Waals surface area (Å²) in [5.41, 5.74) is 1.03. The smallest absolute Gasteiger partial charge is 0.262 e. The number of furan rings is 1. The molecule has 1 saturated heterocycles. The molecule has 0 radical (unpaired) electrons. The summed E-state index contributed by atoms with van der Waals surface area (Å²) in [4.78, 5) is 12.2. The molecule has 0 spiro atoms. The quantitative estimate of drug-likeness (QED) is 0.600. The number of rotatable bonds is 7. The van der Waals surface area contributed by atoms with Gasteiger partial charge in [-0.1, -0.05) is 18.2 Å². The second-order valence-electron chi connectivity index (χ2n) is 6.37. The number of nitrogens with zero attached hydrogens (tertiary/aromatic N) is 1. The second kappa shape index (κ2) is 9.06. The molecule has 140 valence electrons. The molecule has 6 nitrogen and oxygen atoms in total. The summed E-state index contributed by atoms with van der Waals surface area (Å²) in [6, 6.07) is 13.1. The van der Waals surface area contributed by atoms with Crippen LogP contribution in [0.4, 0.5) is 0 Å². The van der Waals surface area contributed by atoms with Gasteiger partial charge in [-0.05, 0) is 43.5 Å². The maximum Gasteiger partial charge on any atom is 0.262 e. The number of ether oxygens (including phenoxy) is 2. The van der Waals surface area contributed by atoms with E-state index < -0.39 is 5.91 Å². The lowest BCUT2D eigenvalue weighted by atomic mass is 10.2. The fourth-order valence-corrected chi connectivity index (χ4v) is 2.81. The molecule has 6 heteroatoms. The van der Waals surface area contributed by atoms with Gasteiger partial charge in [0.2, 0.25) is 0 Å². The van der Waals surface area contributed by atoms with Crippen LogP contribution >= 0.6 is 0 Å². The zero-order chi connectivity index (χ0) is 19.1. The minimum Gasteiger partial charge on any atom is -0.485 e. The van der Waals surface area contributed by atoms with Crippen molar-refractivity contribution in [2.45, 2.75) is 32.5 Å². The first-order chi connectivity index (χ1) is 13.2. The number of aryl methyl sites for hydroxylation is 1. The van der Waals surface area contributed by atoms with Crippen LogP contribution in [-0.2, 0) is 16.1 Å². The molecule has 1 aromatic carbocycles. The molecule has 27 heavy (non-hydrogen) atoms. The third-order valence-corrected chi connectivity index (χ3v) is 4.31. The van der Waals surface area contributed by atoms with Gasteiger partial charge in [-0.2, -0.15) is 5.26 Å². The second-order valence-corrected chi connectivity index (χ2v) is 6.37. The van der Waals surface area contributed by atoms with Crippen molar-refractivity contribution in [3.8, 4) is 11.8 Å². The number of carbonyl (C=O) groups excluding carboxylic acids is 1. The topological polar surface area (TPSA) is 84.5 Å². The molecular formula is C21H22N2O4. The van der Waals surface area contributed by atoms with Crippen molar-refractivity contribution in [1.29, 1.82) is 5.26 Å². The molecule has 0 saturated carbocycles. The minimum atomic E-state index is -0.429. The molecular weight excluding hydrogens is 344 g/mol. The summed E-state index contributed by atoms with van der Waals surface area (Å²) in [7, 11) is 0. The first-order valence-corrected chi connectivity index (χ1v) is 8.94. The Bertz CT molecular complexity index is 857. The molecule has 3 rings (SSSR count). The SMILES string of the molecule is Cc1ccccc1OCc1ccc(C=C(C#N)C(=O)NCC2CCCO2)o1. The third-order valence-electron chi connectivity index (χ3n) is 4.31. The van der Waals surface area contributed by atoms with Crippen molar-refractivity contribution >= 4 is 12.0 Å². The molecule has 2 aromatic rings. The Morgan fingerprint density at radius 3 is 2.96 bits per heavy atom. The highest BCUT2D eigenvalue weighted by molar-refractivity contribution is 6.01. The van der Waals surface area contributed by atoms with Crippen LogP contribution in [0.2, 0.25) is 0 Å². The Labute approximate surface area is 158 Å². The first kappa shape index (κ1) is 18.7. The van der Waals surface area contributed by atoms with Gasteiger partial charge in [0.1, 0.15) is 35.5 Å². The lowest BCUT2D eigenvalue weighted by molar-refractivity contribution is -0.117. The van der Waals surface area contributed by atoms with Crippen LogP contribution in [0, 0.1) is 18.3 Å². The van der Waals surface area contributed by atoms with E-state index in [0.717, 1.165) is 30.8 Å². The van der Waals surface area contributed by atoms with Gasteiger partial charge in [-0.15, -0.1) is 0 Å². The standard InChI is InChI=1S/C21H22N2O4/c1-15-5-2-3-7-20(15)26-14-19-9-8-17(27-19)11-16(12-22)21(24)23-13-18-6-4-10-25-18/h2-3,5,7-9,11,18H,4,6,10,13-14H2,1H3,(H,23,24). The molecule has 1 aromatic heterocycles. The van der Waals surface area contributed by atoms with Gasteiger partial charge in [0.15, 0.2) is 0 Å². The largest absolute Gasteiger partial charge is 0.485 e. The lowest BCUT2D eigenvalue weighted by Gasteiger charge is -2.09. The van der Waals surface area contributed by atoms with Crippen molar-refractivity contribution < 1.29 is 18.7 Å². The Morgan fingerprint density at radius 2 is 2.22 bits per heavy atom. The average Bonchev–Trinajstić information content (AvgIpc) is 3.35. The van der Waals surface area contributed by atoms with E-state index in [1.54, 1.807) is 12.1 Å². The summed E-state index contributed by atoms with van der Waals surface area (Å²) < 4.78 is 16.8. The highest BCUT2D eigenvalue weighted by Crippen LogP contribution is 2.19. The fourth-order valence-electron chi connectivity index (χ4n) is 2.81. The monoisotopic (exact) mass is 366 g/mol. The molecule has 0 aliphatic carbocycles. The van der Waals surface area contributed by atoms with Gasteiger partial charge in [-0.25, -0.2) is 0 Å². The van der Waals surface area contributed by atoms with E-state index in [0.29, 0.717) is 18.1 Å². The third kappa shape index (κ3) is 5.22. The Balaban J connectivity index is 1.57. The summed E-state index contributed by atoms with van der Waals surface area (Å²) in [5.74, 6) is 1.41. The highest BCUT2D eigenvalue weighted by Gasteiger charge is 2.18. The first-order valence-electron chi connectivity index (χ1n) is 8.94. The summed E-state index contributed by atoms with van der Waals surface area (Å²) in [6.45, 7) is 3.37. The van der Waals surface area contributed by atoms with Crippen molar-refractivity contribution in [3.63, 3.8) is 0 Å². The molecule has 1 fully saturated rings. The van der Waals surface area contributed by atoms with Crippen molar-refractivity contribution in [2.75, 3.05) is 13.2 Å². The summed E-state index contributed by atoms with van der Waals surface area (Å²) in [6.07, 6.45) is 3.39. The van der Waals surface area contributed by atoms with Crippen LogP contribution in [0.15, 0.2) is 46.4 Å². The fraction of sp³-hybridized carbons (Fsp3) is 0.333. The zero-order valence-corrected chi connectivity index (χ0v) is 15.2. The molecule has 1 amide bonds. The molecule has 1 aliphatic heterocycles. The van der Waals surface area contributed by atoms with E-state index in [4.69, 9.17) is 13.9 Å². The lowest BCUT2D eigenvalue weighted by Crippen LogP contribution is -2.32. The summed E-state index contributed by atoms with van der Waals surface area (Å²) >= 11 is 0. The van der Waals surface area contributed by atoms with Gasteiger partial charge in [0.05, 0.1) is 6.10 Å². The van der Waals surface area contributed by atoms with Crippen LogP contribution in [0.1, 0.15) is 29.9 Å². The predicted molar refractivity (Wildman–Crippen MR) is 99.8 cm³/mol. The number of hydrogen-bond donors (Lipinski definition) is 1. The number of nitriles is 1. The Kier molecular flexibility index (Phi) is 6.29. The van der Waals surface area contributed by atoms with Crippen molar-refractivity contribution in [2.24, 2.45) is 0 Å². The van der Waals surface area contributed by atoms with Crippen molar-refractivity contribution in [1.82, 2.24) is 5.32 Å². The molecule has 0 bridgehead atoms. The van der Waals surface area contributed by atoms with Gasteiger partial charge < -0.3 is 19.2 Å². The van der Waals surface area contributed by atoms with Gasteiger partial charge >= 0.3 is 0 Å².